The van der Waals surface area contributed by atoms with Gasteiger partial charge >= 0.3 is 0 Å². The zero-order valence-corrected chi connectivity index (χ0v) is 24.7. The molecule has 11 heteroatoms. The topological polar surface area (TPSA) is 114 Å². The molecule has 222 valence electrons. The van der Waals surface area contributed by atoms with Gasteiger partial charge in [0.15, 0.2) is 11.5 Å². The van der Waals surface area contributed by atoms with Gasteiger partial charge in [0.05, 0.1) is 18.8 Å². The fourth-order valence-electron chi connectivity index (χ4n) is 5.19. The van der Waals surface area contributed by atoms with Crippen molar-refractivity contribution in [1.82, 2.24) is 29.2 Å². The molecule has 3 aromatic heterocycles. The Morgan fingerprint density at radius 3 is 2.55 bits per heavy atom. The van der Waals surface area contributed by atoms with Crippen molar-refractivity contribution >= 4 is 28.4 Å². The maximum atomic E-state index is 13.3. The van der Waals surface area contributed by atoms with Crippen LogP contribution in [0, 0.1) is 0 Å². The molecule has 0 saturated carbocycles. The number of benzene rings is 1. The summed E-state index contributed by atoms with van der Waals surface area (Å²) in [6.07, 6.45) is 3.57. The van der Waals surface area contributed by atoms with Gasteiger partial charge in [-0.25, -0.2) is 19.3 Å². The van der Waals surface area contributed by atoms with Crippen LogP contribution in [0.5, 0.6) is 0 Å². The van der Waals surface area contributed by atoms with E-state index in [0.717, 1.165) is 51.6 Å². The van der Waals surface area contributed by atoms with Gasteiger partial charge in [-0.15, -0.1) is 6.58 Å². The maximum absolute atomic E-state index is 13.3. The van der Waals surface area contributed by atoms with Crippen molar-refractivity contribution in [3.05, 3.63) is 77.4 Å². The molecule has 2 N–H and O–H groups in total. The maximum Gasteiger partial charge on any atom is 0.278 e. The Bertz CT molecular complexity index is 1560. The molecule has 0 spiro atoms. The van der Waals surface area contributed by atoms with E-state index in [0.29, 0.717) is 34.9 Å². The van der Waals surface area contributed by atoms with Gasteiger partial charge in [0.25, 0.3) is 5.56 Å². The molecule has 0 amide bonds. The summed E-state index contributed by atoms with van der Waals surface area (Å²) < 4.78 is 8.73. The number of fused-ring (bicyclic) bond motifs is 1. The third-order valence-corrected chi connectivity index (χ3v) is 7.22. The number of rotatable bonds is 12. The highest BCUT2D eigenvalue weighted by Gasteiger charge is 2.20. The normalized spacial score (nSPS) is 14.4. The van der Waals surface area contributed by atoms with Crippen LogP contribution >= 0.6 is 0 Å². The number of hydrogen-bond acceptors (Lipinski definition) is 9. The van der Waals surface area contributed by atoms with Crippen molar-refractivity contribution in [3.63, 3.8) is 0 Å². The molecular formula is C31H40N8O3. The molecule has 4 heterocycles. The minimum Gasteiger partial charge on any atom is -0.390 e. The number of nitrogens with zero attached hydrogens (tertiary/aromatic N) is 7. The molecule has 0 bridgehead atoms. The van der Waals surface area contributed by atoms with Crippen LogP contribution in [0.2, 0.25) is 0 Å². The van der Waals surface area contributed by atoms with E-state index < -0.39 is 5.60 Å². The molecule has 0 aliphatic carbocycles. The average Bonchev–Trinajstić information content (AvgIpc) is 3.24. The second-order valence-electron chi connectivity index (χ2n) is 11.1. The summed E-state index contributed by atoms with van der Waals surface area (Å²) in [4.78, 5) is 32.0. The fraction of sp³-hybridized carbons (Fsp3) is 0.419. The minimum atomic E-state index is -0.919. The van der Waals surface area contributed by atoms with Gasteiger partial charge in [0, 0.05) is 69.0 Å². The van der Waals surface area contributed by atoms with Crippen molar-refractivity contribution in [2.45, 2.75) is 39.3 Å². The van der Waals surface area contributed by atoms with Gasteiger partial charge in [-0.2, -0.15) is 4.98 Å². The van der Waals surface area contributed by atoms with Crippen LogP contribution in [0.25, 0.3) is 16.9 Å². The highest BCUT2D eigenvalue weighted by Crippen LogP contribution is 2.23. The first kappa shape index (κ1) is 29.4. The molecule has 0 radical (unpaired) electrons. The summed E-state index contributed by atoms with van der Waals surface area (Å²) in [6, 6.07) is 13.8. The van der Waals surface area contributed by atoms with Gasteiger partial charge < -0.3 is 20.1 Å². The first-order chi connectivity index (χ1) is 20.3. The van der Waals surface area contributed by atoms with Gasteiger partial charge in [-0.3, -0.25) is 9.69 Å². The third-order valence-electron chi connectivity index (χ3n) is 7.22. The van der Waals surface area contributed by atoms with Crippen LogP contribution in [0.15, 0.2) is 66.1 Å². The van der Waals surface area contributed by atoms with E-state index in [-0.39, 0.29) is 12.1 Å². The van der Waals surface area contributed by atoms with Crippen molar-refractivity contribution < 1.29 is 9.84 Å². The van der Waals surface area contributed by atoms with Crippen LogP contribution in [0.1, 0.15) is 26.5 Å². The summed E-state index contributed by atoms with van der Waals surface area (Å²) >= 11 is 0. The first-order valence-corrected chi connectivity index (χ1v) is 14.5. The van der Waals surface area contributed by atoms with Crippen LogP contribution < -0.4 is 15.8 Å². The van der Waals surface area contributed by atoms with Gasteiger partial charge in [-0.05, 0) is 57.2 Å². The lowest BCUT2D eigenvalue weighted by Gasteiger charge is -2.36. The quantitative estimate of drug-likeness (QED) is 0.195. The Hall–Kier alpha value is -4.06. The number of pyridine rings is 1. The zero-order chi connectivity index (χ0) is 29.7. The Kier molecular flexibility index (Phi) is 9.00. The number of aliphatic hydroxyl groups is 1. The first-order valence-electron chi connectivity index (χ1n) is 14.5. The highest BCUT2D eigenvalue weighted by atomic mass is 16.5. The smallest absolute Gasteiger partial charge is 0.278 e. The number of ether oxygens (including phenoxy) is 1. The Labute approximate surface area is 246 Å². The zero-order valence-electron chi connectivity index (χ0n) is 24.7. The van der Waals surface area contributed by atoms with E-state index in [1.54, 1.807) is 30.8 Å². The second-order valence-corrected chi connectivity index (χ2v) is 11.1. The summed E-state index contributed by atoms with van der Waals surface area (Å²) in [5.74, 6) is 0.896. The number of nitrogens with one attached hydrogen (secondary N) is 1. The molecule has 0 atom stereocenters. The molecule has 4 aromatic rings. The molecule has 11 nitrogen and oxygen atoms in total. The molecule has 5 rings (SSSR count). The van der Waals surface area contributed by atoms with Crippen molar-refractivity contribution in [1.29, 1.82) is 0 Å². The van der Waals surface area contributed by atoms with E-state index in [4.69, 9.17) is 14.7 Å². The number of aromatic nitrogens is 5. The van der Waals surface area contributed by atoms with Crippen molar-refractivity contribution in [3.8, 4) is 5.82 Å². The minimum absolute atomic E-state index is 0.228. The van der Waals surface area contributed by atoms with Crippen LogP contribution in [0.4, 0.5) is 17.3 Å². The van der Waals surface area contributed by atoms with E-state index in [2.05, 4.69) is 38.8 Å². The predicted molar refractivity (Wildman–Crippen MR) is 166 cm³/mol. The SMILES string of the molecule is C=CCn1c(=O)c2cnc(Nc3ccc(N4CCN(CCOCC)CC4)cc3)nc2n1-c1cccc(CC(C)(C)O)n1. The van der Waals surface area contributed by atoms with Crippen LogP contribution in [0.3, 0.4) is 0 Å². The lowest BCUT2D eigenvalue weighted by molar-refractivity contribution is 0.0799. The number of piperazine rings is 1. The lowest BCUT2D eigenvalue weighted by Crippen LogP contribution is -2.47. The third kappa shape index (κ3) is 6.87. The van der Waals surface area contributed by atoms with Crippen LogP contribution in [-0.2, 0) is 17.7 Å². The van der Waals surface area contributed by atoms with E-state index >= 15 is 0 Å². The molecule has 1 saturated heterocycles. The Balaban J connectivity index is 1.36. The predicted octanol–water partition coefficient (Wildman–Crippen LogP) is 3.38. The second kappa shape index (κ2) is 12.8. The average molecular weight is 573 g/mol. The standard InChI is InChI=1S/C31H40N8O3/c1-5-14-38-29(40)26-22-32-30(35-28(26)39(38)27-9-7-8-24(33-27)21-31(3,4)41)34-23-10-12-25(13-11-23)37-17-15-36(16-18-37)19-20-42-6-2/h5,7-13,22,41H,1,6,14-21H2,2-4H3,(H,32,34,35). The summed E-state index contributed by atoms with van der Waals surface area (Å²) in [6.45, 7) is 16.1. The summed E-state index contributed by atoms with van der Waals surface area (Å²) in [5, 5.41) is 14.0. The fourth-order valence-corrected chi connectivity index (χ4v) is 5.19. The lowest BCUT2D eigenvalue weighted by atomic mass is 10.0. The molecule has 1 aromatic carbocycles. The van der Waals surface area contributed by atoms with Gasteiger partial charge in [-0.1, -0.05) is 12.1 Å². The molecule has 1 fully saturated rings. The van der Waals surface area contributed by atoms with Crippen molar-refractivity contribution in [2.75, 3.05) is 56.2 Å². The molecule has 42 heavy (non-hydrogen) atoms. The van der Waals surface area contributed by atoms with Crippen LogP contribution in [-0.4, -0.2) is 85.9 Å². The summed E-state index contributed by atoms with van der Waals surface area (Å²) in [7, 11) is 0. The van der Waals surface area contributed by atoms with E-state index in [9.17, 15) is 9.90 Å². The number of hydrogen-bond donors (Lipinski definition) is 2. The monoisotopic (exact) mass is 572 g/mol. The van der Waals surface area contributed by atoms with Gasteiger partial charge in [0.1, 0.15) is 5.39 Å². The molecule has 1 aliphatic rings. The molecule has 1 aliphatic heterocycles. The largest absolute Gasteiger partial charge is 0.390 e. The van der Waals surface area contributed by atoms with E-state index in [1.165, 1.54) is 10.4 Å². The highest BCUT2D eigenvalue weighted by molar-refractivity contribution is 5.77. The van der Waals surface area contributed by atoms with Crippen molar-refractivity contribution in [2.24, 2.45) is 0 Å². The molecular weight excluding hydrogens is 532 g/mol. The van der Waals surface area contributed by atoms with Gasteiger partial charge in [0.2, 0.25) is 5.95 Å². The number of anilines is 3. The molecule has 0 unspecified atom stereocenters. The Morgan fingerprint density at radius 1 is 1.10 bits per heavy atom. The Morgan fingerprint density at radius 2 is 1.86 bits per heavy atom. The number of allylic oxidation sites excluding steroid dienone is 1. The van der Waals surface area contributed by atoms with E-state index in [1.807, 2.05) is 37.3 Å². The summed E-state index contributed by atoms with van der Waals surface area (Å²) in [5.41, 5.74) is 2.02.